The van der Waals surface area contributed by atoms with Crippen LogP contribution in [-0.2, 0) is 15.9 Å². The van der Waals surface area contributed by atoms with Gasteiger partial charge in [-0.25, -0.2) is 0 Å². The fourth-order valence-electron chi connectivity index (χ4n) is 2.13. The lowest BCUT2D eigenvalue weighted by Crippen LogP contribution is -2.32. The minimum Gasteiger partial charge on any atom is -0.497 e. The van der Waals surface area contributed by atoms with E-state index in [0.29, 0.717) is 19.3 Å². The van der Waals surface area contributed by atoms with E-state index in [2.05, 4.69) is 34.2 Å². The molecule has 0 saturated heterocycles. The second-order valence-electron chi connectivity index (χ2n) is 4.81. The lowest BCUT2D eigenvalue weighted by Gasteiger charge is -2.19. The number of halogens is 1. The van der Waals surface area contributed by atoms with Crippen molar-refractivity contribution in [1.29, 1.82) is 0 Å². The third-order valence-corrected chi connectivity index (χ3v) is 4.03. The van der Waals surface area contributed by atoms with Crippen molar-refractivity contribution in [3.05, 3.63) is 28.2 Å². The van der Waals surface area contributed by atoms with E-state index in [1.165, 1.54) is 5.56 Å². The molecule has 0 saturated carbocycles. The maximum Gasteiger partial charge on any atom is 0.119 e. The van der Waals surface area contributed by atoms with Crippen LogP contribution in [0.2, 0.25) is 0 Å². The van der Waals surface area contributed by atoms with Crippen LogP contribution in [0.4, 0.5) is 0 Å². The van der Waals surface area contributed by atoms with Gasteiger partial charge in [-0.15, -0.1) is 0 Å². The van der Waals surface area contributed by atoms with Gasteiger partial charge in [0.25, 0.3) is 0 Å². The molecular weight excluding hydrogens is 334 g/mol. The quantitative estimate of drug-likeness (QED) is 0.616. The van der Waals surface area contributed by atoms with Gasteiger partial charge in [-0.1, -0.05) is 22.9 Å². The molecule has 0 bridgehead atoms. The van der Waals surface area contributed by atoms with E-state index in [9.17, 15) is 0 Å². The van der Waals surface area contributed by atoms with E-state index in [1.807, 2.05) is 12.1 Å². The minimum absolute atomic E-state index is 0.390. The molecule has 5 heteroatoms. The molecule has 1 N–H and O–H groups in total. The molecule has 1 aromatic carbocycles. The SMILES string of the molecule is CCNC(CCOCCOC)Cc1cc(OC)ccc1Br. The van der Waals surface area contributed by atoms with Gasteiger partial charge in [0, 0.05) is 24.2 Å². The largest absolute Gasteiger partial charge is 0.497 e. The summed E-state index contributed by atoms with van der Waals surface area (Å²) in [5, 5.41) is 3.51. The molecule has 0 aliphatic rings. The van der Waals surface area contributed by atoms with Crippen LogP contribution in [0.5, 0.6) is 5.75 Å². The van der Waals surface area contributed by atoms with Gasteiger partial charge in [0.05, 0.1) is 20.3 Å². The van der Waals surface area contributed by atoms with Gasteiger partial charge in [0.15, 0.2) is 0 Å². The minimum atomic E-state index is 0.390. The summed E-state index contributed by atoms with van der Waals surface area (Å²) in [6.07, 6.45) is 1.92. The lowest BCUT2D eigenvalue weighted by atomic mass is 10.0. The zero-order valence-corrected chi connectivity index (χ0v) is 14.7. The number of nitrogens with one attached hydrogen (secondary N) is 1. The van der Waals surface area contributed by atoms with Crippen LogP contribution >= 0.6 is 15.9 Å². The van der Waals surface area contributed by atoms with E-state index in [0.717, 1.165) is 36.2 Å². The highest BCUT2D eigenvalue weighted by molar-refractivity contribution is 9.10. The summed E-state index contributed by atoms with van der Waals surface area (Å²) in [5.41, 5.74) is 1.25. The average Bonchev–Trinajstić information content (AvgIpc) is 2.49. The molecule has 120 valence electrons. The van der Waals surface area contributed by atoms with Crippen molar-refractivity contribution in [2.75, 3.05) is 40.6 Å². The fourth-order valence-corrected chi connectivity index (χ4v) is 2.54. The summed E-state index contributed by atoms with van der Waals surface area (Å²) in [6, 6.07) is 6.47. The van der Waals surface area contributed by atoms with Gasteiger partial charge in [0.1, 0.15) is 5.75 Å². The molecule has 0 aromatic heterocycles. The summed E-state index contributed by atoms with van der Waals surface area (Å²) in [7, 11) is 3.38. The summed E-state index contributed by atoms with van der Waals surface area (Å²) < 4.78 is 16.9. The predicted molar refractivity (Wildman–Crippen MR) is 89.2 cm³/mol. The molecule has 4 nitrogen and oxygen atoms in total. The molecule has 1 aromatic rings. The van der Waals surface area contributed by atoms with Crippen LogP contribution in [0.3, 0.4) is 0 Å². The third kappa shape index (κ3) is 7.27. The van der Waals surface area contributed by atoms with E-state index in [4.69, 9.17) is 14.2 Å². The summed E-state index contributed by atoms with van der Waals surface area (Å²) in [4.78, 5) is 0. The Balaban J connectivity index is 2.52. The second kappa shape index (κ2) is 11.0. The Labute approximate surface area is 136 Å². The monoisotopic (exact) mass is 359 g/mol. The molecular formula is C16H26BrNO3. The second-order valence-corrected chi connectivity index (χ2v) is 5.66. The summed E-state index contributed by atoms with van der Waals surface area (Å²) in [6.45, 7) is 5.11. The Bertz CT molecular complexity index is 401. The molecule has 0 aliphatic carbocycles. The lowest BCUT2D eigenvalue weighted by molar-refractivity contribution is 0.0658. The third-order valence-electron chi connectivity index (χ3n) is 3.25. The standard InChI is InChI=1S/C16H26BrNO3/c1-4-18-14(7-8-21-10-9-19-2)11-13-12-15(20-3)5-6-16(13)17/h5-6,12,14,18H,4,7-11H2,1-3H3. The Morgan fingerprint density at radius 3 is 2.67 bits per heavy atom. The van der Waals surface area contributed by atoms with Crippen molar-refractivity contribution in [3.8, 4) is 5.75 Å². The van der Waals surface area contributed by atoms with E-state index < -0.39 is 0 Å². The number of benzene rings is 1. The normalized spacial score (nSPS) is 12.4. The molecule has 21 heavy (non-hydrogen) atoms. The van der Waals surface area contributed by atoms with Gasteiger partial charge < -0.3 is 19.5 Å². The van der Waals surface area contributed by atoms with Gasteiger partial charge in [0.2, 0.25) is 0 Å². The Morgan fingerprint density at radius 2 is 2.00 bits per heavy atom. The molecule has 0 fully saturated rings. The first-order valence-corrected chi connectivity index (χ1v) is 8.13. The van der Waals surface area contributed by atoms with Gasteiger partial charge in [-0.05, 0) is 43.1 Å². The van der Waals surface area contributed by atoms with Crippen molar-refractivity contribution < 1.29 is 14.2 Å². The van der Waals surface area contributed by atoms with Crippen LogP contribution in [0.25, 0.3) is 0 Å². The number of ether oxygens (including phenoxy) is 3. The van der Waals surface area contributed by atoms with Crippen molar-refractivity contribution in [2.45, 2.75) is 25.8 Å². The first-order chi connectivity index (χ1) is 10.2. The Kier molecular flexibility index (Phi) is 9.67. The van der Waals surface area contributed by atoms with Crippen LogP contribution < -0.4 is 10.1 Å². The Hall–Kier alpha value is -0.620. The molecule has 1 rings (SSSR count). The number of rotatable bonds is 11. The molecule has 0 radical (unpaired) electrons. The number of methoxy groups -OCH3 is 2. The zero-order valence-electron chi connectivity index (χ0n) is 13.2. The molecule has 0 amide bonds. The van der Waals surface area contributed by atoms with Gasteiger partial charge >= 0.3 is 0 Å². The molecule has 1 atom stereocenters. The maximum absolute atomic E-state index is 5.56. The number of hydrogen-bond donors (Lipinski definition) is 1. The van der Waals surface area contributed by atoms with Crippen LogP contribution in [0, 0.1) is 0 Å². The first kappa shape index (κ1) is 18.4. The van der Waals surface area contributed by atoms with Crippen LogP contribution in [0.1, 0.15) is 18.9 Å². The highest BCUT2D eigenvalue weighted by Gasteiger charge is 2.11. The summed E-state index contributed by atoms with van der Waals surface area (Å²) >= 11 is 3.61. The predicted octanol–water partition coefficient (Wildman–Crippen LogP) is 3.03. The molecule has 0 heterocycles. The highest BCUT2D eigenvalue weighted by atomic mass is 79.9. The number of likely N-dealkylation sites (N-methyl/N-ethyl adjacent to an activating group) is 1. The van der Waals surface area contributed by atoms with Gasteiger partial charge in [-0.3, -0.25) is 0 Å². The van der Waals surface area contributed by atoms with Crippen molar-refractivity contribution >= 4 is 15.9 Å². The van der Waals surface area contributed by atoms with Crippen LogP contribution in [0.15, 0.2) is 22.7 Å². The maximum atomic E-state index is 5.56. The number of hydrogen-bond acceptors (Lipinski definition) is 4. The Morgan fingerprint density at radius 1 is 1.19 bits per heavy atom. The van der Waals surface area contributed by atoms with E-state index in [1.54, 1.807) is 14.2 Å². The summed E-state index contributed by atoms with van der Waals surface area (Å²) in [5.74, 6) is 0.889. The average molecular weight is 360 g/mol. The first-order valence-electron chi connectivity index (χ1n) is 7.33. The molecule has 0 spiro atoms. The topological polar surface area (TPSA) is 39.7 Å². The fraction of sp³-hybridized carbons (Fsp3) is 0.625. The van der Waals surface area contributed by atoms with E-state index >= 15 is 0 Å². The van der Waals surface area contributed by atoms with Crippen LogP contribution in [-0.4, -0.2) is 46.6 Å². The zero-order chi connectivity index (χ0) is 15.5. The van der Waals surface area contributed by atoms with Crippen molar-refractivity contribution in [3.63, 3.8) is 0 Å². The smallest absolute Gasteiger partial charge is 0.119 e. The highest BCUT2D eigenvalue weighted by Crippen LogP contribution is 2.24. The van der Waals surface area contributed by atoms with Gasteiger partial charge in [-0.2, -0.15) is 0 Å². The molecule has 0 aliphatic heterocycles. The van der Waals surface area contributed by atoms with Crippen molar-refractivity contribution in [1.82, 2.24) is 5.32 Å². The van der Waals surface area contributed by atoms with E-state index in [-0.39, 0.29) is 0 Å². The van der Waals surface area contributed by atoms with Crippen molar-refractivity contribution in [2.24, 2.45) is 0 Å². The molecule has 1 unspecified atom stereocenters.